The lowest BCUT2D eigenvalue weighted by Gasteiger charge is -2.11. The third kappa shape index (κ3) is 2.94. The highest BCUT2D eigenvalue weighted by molar-refractivity contribution is 6.31. The summed E-state index contributed by atoms with van der Waals surface area (Å²) in [5.41, 5.74) is 1.32. The second-order valence-corrected chi connectivity index (χ2v) is 5.78. The van der Waals surface area contributed by atoms with Crippen LogP contribution in [0.15, 0.2) is 30.5 Å². The van der Waals surface area contributed by atoms with Crippen molar-refractivity contribution >= 4 is 29.2 Å². The van der Waals surface area contributed by atoms with E-state index in [0.29, 0.717) is 17.4 Å². The van der Waals surface area contributed by atoms with E-state index in [1.54, 1.807) is 6.08 Å². The van der Waals surface area contributed by atoms with Crippen molar-refractivity contribution < 1.29 is 9.90 Å². The van der Waals surface area contributed by atoms with Crippen molar-refractivity contribution in [3.8, 4) is 0 Å². The molecular weight excluding hydrogens is 290 g/mol. The SMILES string of the molecule is O=C(/C=C/c1c(Cl)nc2ccccn12)NCC1(CO)CC1. The Morgan fingerprint density at radius 2 is 2.33 bits per heavy atom. The first kappa shape index (κ1) is 14.1. The van der Waals surface area contributed by atoms with Crippen LogP contribution in [0.2, 0.25) is 5.15 Å². The van der Waals surface area contributed by atoms with Crippen LogP contribution in [-0.2, 0) is 4.79 Å². The number of pyridine rings is 1. The standard InChI is InChI=1S/C15H16ClN3O2/c16-14-11(19-8-2-1-3-12(19)18-14)4-5-13(21)17-9-15(10-20)6-7-15/h1-5,8,20H,6-7,9-10H2,(H,17,21)/b5-4+. The van der Waals surface area contributed by atoms with Gasteiger partial charge in [0.15, 0.2) is 5.15 Å². The molecule has 1 saturated carbocycles. The number of imidazole rings is 1. The number of aliphatic hydroxyl groups is 1. The molecule has 110 valence electrons. The first-order chi connectivity index (χ1) is 10.1. The summed E-state index contributed by atoms with van der Waals surface area (Å²) in [6.07, 6.45) is 6.86. The van der Waals surface area contributed by atoms with Crippen LogP contribution in [0.5, 0.6) is 0 Å². The minimum Gasteiger partial charge on any atom is -0.396 e. The van der Waals surface area contributed by atoms with E-state index in [1.165, 1.54) is 6.08 Å². The number of carbonyl (C=O) groups is 1. The number of halogens is 1. The zero-order valence-corrected chi connectivity index (χ0v) is 12.2. The van der Waals surface area contributed by atoms with Gasteiger partial charge in [0.2, 0.25) is 5.91 Å². The van der Waals surface area contributed by atoms with E-state index in [2.05, 4.69) is 10.3 Å². The minimum absolute atomic E-state index is 0.0928. The molecule has 0 aliphatic heterocycles. The van der Waals surface area contributed by atoms with Gasteiger partial charge in [0.05, 0.1) is 12.3 Å². The van der Waals surface area contributed by atoms with E-state index in [9.17, 15) is 9.90 Å². The number of hydrogen-bond acceptors (Lipinski definition) is 3. The molecule has 21 heavy (non-hydrogen) atoms. The number of fused-ring (bicyclic) bond motifs is 1. The molecule has 1 fully saturated rings. The number of nitrogens with one attached hydrogen (secondary N) is 1. The van der Waals surface area contributed by atoms with Crippen molar-refractivity contribution in [1.82, 2.24) is 14.7 Å². The molecule has 2 heterocycles. The van der Waals surface area contributed by atoms with Crippen molar-refractivity contribution in [2.24, 2.45) is 5.41 Å². The summed E-state index contributed by atoms with van der Waals surface area (Å²) < 4.78 is 1.82. The Morgan fingerprint density at radius 3 is 3.05 bits per heavy atom. The molecule has 2 aromatic rings. The van der Waals surface area contributed by atoms with Gasteiger partial charge in [-0.2, -0.15) is 0 Å². The molecule has 0 spiro atoms. The van der Waals surface area contributed by atoms with Crippen LogP contribution < -0.4 is 5.32 Å². The molecule has 0 unspecified atom stereocenters. The quantitative estimate of drug-likeness (QED) is 0.829. The maximum Gasteiger partial charge on any atom is 0.244 e. The average molecular weight is 306 g/mol. The van der Waals surface area contributed by atoms with E-state index in [4.69, 9.17) is 11.6 Å². The molecule has 1 aliphatic rings. The largest absolute Gasteiger partial charge is 0.396 e. The van der Waals surface area contributed by atoms with Crippen LogP contribution in [0.4, 0.5) is 0 Å². The fraction of sp³-hybridized carbons (Fsp3) is 0.333. The van der Waals surface area contributed by atoms with Gasteiger partial charge in [-0.15, -0.1) is 0 Å². The van der Waals surface area contributed by atoms with Crippen molar-refractivity contribution in [3.05, 3.63) is 41.3 Å². The predicted molar refractivity (Wildman–Crippen MR) is 81.0 cm³/mol. The Kier molecular flexibility index (Phi) is 3.69. The van der Waals surface area contributed by atoms with Crippen molar-refractivity contribution in [2.75, 3.05) is 13.2 Å². The highest BCUT2D eigenvalue weighted by Gasteiger charge is 2.41. The Hall–Kier alpha value is -1.85. The number of aromatic nitrogens is 2. The molecule has 1 amide bonds. The summed E-state index contributed by atoms with van der Waals surface area (Å²) in [6, 6.07) is 5.60. The van der Waals surface area contributed by atoms with Gasteiger partial charge in [0, 0.05) is 24.2 Å². The van der Waals surface area contributed by atoms with Gasteiger partial charge in [0.25, 0.3) is 0 Å². The average Bonchev–Trinajstić information content (AvgIpc) is 3.21. The molecular formula is C15H16ClN3O2. The molecule has 6 heteroatoms. The molecule has 5 nitrogen and oxygen atoms in total. The molecule has 0 bridgehead atoms. The summed E-state index contributed by atoms with van der Waals surface area (Å²) in [5, 5.41) is 12.4. The predicted octanol–water partition coefficient (Wildman–Crippen LogP) is 1.89. The van der Waals surface area contributed by atoms with E-state index < -0.39 is 0 Å². The summed E-state index contributed by atoms with van der Waals surface area (Å²) in [5.74, 6) is -0.198. The van der Waals surface area contributed by atoms with Crippen LogP contribution in [0.25, 0.3) is 11.7 Å². The number of aliphatic hydroxyl groups excluding tert-OH is 1. The fourth-order valence-electron chi connectivity index (χ4n) is 2.19. The van der Waals surface area contributed by atoms with Gasteiger partial charge < -0.3 is 10.4 Å². The number of rotatable bonds is 5. The normalized spacial score (nSPS) is 16.5. The lowest BCUT2D eigenvalue weighted by atomic mass is 10.1. The van der Waals surface area contributed by atoms with Crippen LogP contribution in [0.1, 0.15) is 18.5 Å². The smallest absolute Gasteiger partial charge is 0.244 e. The van der Waals surface area contributed by atoms with Crippen molar-refractivity contribution in [1.29, 1.82) is 0 Å². The summed E-state index contributed by atoms with van der Waals surface area (Å²) in [6.45, 7) is 0.629. The molecule has 2 aromatic heterocycles. The van der Waals surface area contributed by atoms with E-state index >= 15 is 0 Å². The summed E-state index contributed by atoms with van der Waals surface area (Å²) in [4.78, 5) is 16.0. The Morgan fingerprint density at radius 1 is 1.52 bits per heavy atom. The number of amides is 1. The number of nitrogens with zero attached hydrogens (tertiary/aromatic N) is 2. The topological polar surface area (TPSA) is 66.6 Å². The lowest BCUT2D eigenvalue weighted by molar-refractivity contribution is -0.116. The third-order valence-electron chi connectivity index (χ3n) is 3.84. The summed E-state index contributed by atoms with van der Waals surface area (Å²) >= 11 is 6.09. The lowest BCUT2D eigenvalue weighted by Crippen LogP contribution is -2.30. The van der Waals surface area contributed by atoms with E-state index in [1.807, 2.05) is 28.8 Å². The van der Waals surface area contributed by atoms with E-state index in [0.717, 1.165) is 18.5 Å². The Bertz CT molecular complexity index is 704. The maximum absolute atomic E-state index is 11.8. The maximum atomic E-state index is 11.8. The highest BCUT2D eigenvalue weighted by atomic mass is 35.5. The van der Waals surface area contributed by atoms with Gasteiger partial charge in [-0.3, -0.25) is 9.20 Å². The molecule has 0 radical (unpaired) electrons. The highest BCUT2D eigenvalue weighted by Crippen LogP contribution is 2.44. The molecule has 1 aliphatic carbocycles. The second-order valence-electron chi connectivity index (χ2n) is 5.43. The Labute approximate surface area is 127 Å². The van der Waals surface area contributed by atoms with Crippen LogP contribution >= 0.6 is 11.6 Å². The summed E-state index contributed by atoms with van der Waals surface area (Å²) in [7, 11) is 0. The zero-order chi connectivity index (χ0) is 14.9. The molecule has 2 N–H and O–H groups in total. The third-order valence-corrected chi connectivity index (χ3v) is 4.12. The Balaban J connectivity index is 1.69. The monoisotopic (exact) mass is 305 g/mol. The minimum atomic E-state index is -0.198. The molecule has 0 saturated heterocycles. The van der Waals surface area contributed by atoms with Crippen LogP contribution in [-0.4, -0.2) is 33.6 Å². The van der Waals surface area contributed by atoms with Gasteiger partial charge in [-0.25, -0.2) is 4.98 Å². The number of hydrogen-bond donors (Lipinski definition) is 2. The van der Waals surface area contributed by atoms with Crippen LogP contribution in [0, 0.1) is 5.41 Å². The molecule has 3 rings (SSSR count). The first-order valence-electron chi connectivity index (χ1n) is 6.83. The second kappa shape index (κ2) is 5.50. The van der Waals surface area contributed by atoms with Gasteiger partial charge in [-0.05, 0) is 31.1 Å². The molecule has 0 aromatic carbocycles. The van der Waals surface area contributed by atoms with Gasteiger partial charge in [-0.1, -0.05) is 17.7 Å². The first-order valence-corrected chi connectivity index (χ1v) is 7.21. The van der Waals surface area contributed by atoms with Gasteiger partial charge in [0.1, 0.15) is 5.65 Å². The van der Waals surface area contributed by atoms with E-state index in [-0.39, 0.29) is 17.9 Å². The number of carbonyl (C=O) groups excluding carboxylic acids is 1. The fourth-order valence-corrected chi connectivity index (χ4v) is 2.43. The molecule has 0 atom stereocenters. The van der Waals surface area contributed by atoms with Gasteiger partial charge >= 0.3 is 0 Å². The van der Waals surface area contributed by atoms with Crippen LogP contribution in [0.3, 0.4) is 0 Å². The van der Waals surface area contributed by atoms with Crippen molar-refractivity contribution in [2.45, 2.75) is 12.8 Å². The zero-order valence-electron chi connectivity index (χ0n) is 11.4. The van der Waals surface area contributed by atoms with Crippen molar-refractivity contribution in [3.63, 3.8) is 0 Å².